The van der Waals surface area contributed by atoms with Gasteiger partial charge in [-0.05, 0) is 24.6 Å². The molecule has 0 unspecified atom stereocenters. The highest BCUT2D eigenvalue weighted by molar-refractivity contribution is 5.47. The van der Waals surface area contributed by atoms with E-state index in [1.807, 2.05) is 35.4 Å². The van der Waals surface area contributed by atoms with E-state index in [-0.39, 0.29) is 0 Å². The van der Waals surface area contributed by atoms with Crippen LogP contribution >= 0.6 is 0 Å². The Morgan fingerprint density at radius 1 is 1.29 bits per heavy atom. The lowest BCUT2D eigenvalue weighted by Crippen LogP contribution is -2.22. The van der Waals surface area contributed by atoms with Crippen LogP contribution in [0.4, 0.5) is 5.69 Å². The van der Waals surface area contributed by atoms with E-state index in [0.717, 1.165) is 24.5 Å². The molecule has 0 aromatic heterocycles. The molecular weight excluding hydrogens is 176 g/mol. The van der Waals surface area contributed by atoms with Crippen LogP contribution < -0.4 is 5.32 Å². The van der Waals surface area contributed by atoms with E-state index in [9.17, 15) is 0 Å². The van der Waals surface area contributed by atoms with Crippen LogP contribution in [0.3, 0.4) is 0 Å². The summed E-state index contributed by atoms with van der Waals surface area (Å²) in [5.41, 5.74) is 1.09. The molecule has 1 aliphatic rings. The van der Waals surface area contributed by atoms with Crippen molar-refractivity contribution in [2.24, 2.45) is 0 Å². The molecule has 1 heterocycles. The molecule has 0 spiro atoms. The molecule has 74 valence electrons. The number of nitrogens with one attached hydrogen (secondary N) is 1. The molecule has 0 amide bonds. The predicted molar refractivity (Wildman–Crippen MR) is 56.5 cm³/mol. The Bertz CT molecular complexity index is 321. The second kappa shape index (κ2) is 4.15. The van der Waals surface area contributed by atoms with Crippen LogP contribution in [0.2, 0.25) is 0 Å². The molecule has 1 N–H and O–H groups in total. The summed E-state index contributed by atoms with van der Waals surface area (Å²) in [5.74, 6) is 1.03. The first kappa shape index (κ1) is 9.09. The Labute approximate surface area is 83.9 Å². The summed E-state index contributed by atoms with van der Waals surface area (Å²) in [6.07, 6.45) is 3.17. The molecule has 0 fully saturated rings. The minimum Gasteiger partial charge on any atom is -0.340 e. The van der Waals surface area contributed by atoms with E-state index in [1.165, 1.54) is 0 Å². The van der Waals surface area contributed by atoms with Crippen molar-refractivity contribution in [3.8, 4) is 0 Å². The van der Waals surface area contributed by atoms with E-state index in [1.54, 1.807) is 7.11 Å². The third kappa shape index (κ3) is 1.88. The molecule has 1 aliphatic heterocycles. The maximum atomic E-state index is 5.20. The first-order valence-corrected chi connectivity index (χ1v) is 4.74. The summed E-state index contributed by atoms with van der Waals surface area (Å²) in [7, 11) is 1.69. The average Bonchev–Trinajstić information content (AvgIpc) is 2.67. The number of hydroxylamine groups is 2. The molecule has 1 aromatic carbocycles. The van der Waals surface area contributed by atoms with Crippen molar-refractivity contribution in [1.29, 1.82) is 0 Å². The van der Waals surface area contributed by atoms with Gasteiger partial charge in [0.1, 0.15) is 5.82 Å². The zero-order valence-corrected chi connectivity index (χ0v) is 8.23. The molecule has 0 radical (unpaired) electrons. The van der Waals surface area contributed by atoms with Crippen molar-refractivity contribution in [3.63, 3.8) is 0 Å². The normalized spacial score (nSPS) is 15.5. The summed E-state index contributed by atoms with van der Waals surface area (Å²) in [5, 5.41) is 5.16. The summed E-state index contributed by atoms with van der Waals surface area (Å²) in [6.45, 7) is 0.922. The predicted octanol–water partition coefficient (Wildman–Crippen LogP) is 2.21. The van der Waals surface area contributed by atoms with Gasteiger partial charge in [0, 0.05) is 5.69 Å². The standard InChI is InChI=1S/C11H14N2O/c1-14-13-9-5-8-11(13)12-10-6-3-2-4-7-10/h2-4,6-8,12H,5,9H2,1H3. The van der Waals surface area contributed by atoms with Gasteiger partial charge in [-0.2, -0.15) is 0 Å². The van der Waals surface area contributed by atoms with Gasteiger partial charge >= 0.3 is 0 Å². The number of hydrogen-bond donors (Lipinski definition) is 1. The molecule has 2 rings (SSSR count). The molecule has 3 heteroatoms. The molecule has 14 heavy (non-hydrogen) atoms. The lowest BCUT2D eigenvalue weighted by Gasteiger charge is -2.19. The van der Waals surface area contributed by atoms with Gasteiger partial charge < -0.3 is 5.32 Å². The number of rotatable bonds is 3. The lowest BCUT2D eigenvalue weighted by atomic mass is 10.3. The third-order valence-electron chi connectivity index (χ3n) is 2.21. The Morgan fingerprint density at radius 3 is 2.79 bits per heavy atom. The van der Waals surface area contributed by atoms with Crippen molar-refractivity contribution in [2.75, 3.05) is 19.0 Å². The van der Waals surface area contributed by atoms with Gasteiger partial charge in [-0.1, -0.05) is 18.2 Å². The minimum atomic E-state index is 0.922. The molecule has 0 atom stereocenters. The highest BCUT2D eigenvalue weighted by Crippen LogP contribution is 2.17. The van der Waals surface area contributed by atoms with Crippen LogP contribution in [0.1, 0.15) is 6.42 Å². The van der Waals surface area contributed by atoms with Crippen LogP contribution in [0, 0.1) is 0 Å². The fourth-order valence-corrected chi connectivity index (χ4v) is 1.51. The monoisotopic (exact) mass is 190 g/mol. The highest BCUT2D eigenvalue weighted by atomic mass is 16.7. The fraction of sp³-hybridized carbons (Fsp3) is 0.273. The largest absolute Gasteiger partial charge is 0.340 e. The lowest BCUT2D eigenvalue weighted by molar-refractivity contribution is -0.0898. The zero-order chi connectivity index (χ0) is 9.80. The van der Waals surface area contributed by atoms with Crippen LogP contribution in [0.25, 0.3) is 0 Å². The molecular formula is C11H14N2O. The smallest absolute Gasteiger partial charge is 0.126 e. The van der Waals surface area contributed by atoms with Gasteiger partial charge in [-0.3, -0.25) is 4.84 Å². The fourth-order valence-electron chi connectivity index (χ4n) is 1.51. The van der Waals surface area contributed by atoms with Gasteiger partial charge in [0.05, 0.1) is 13.7 Å². The Balaban J connectivity index is 2.04. The number of para-hydroxylation sites is 1. The van der Waals surface area contributed by atoms with Crippen molar-refractivity contribution in [2.45, 2.75) is 6.42 Å². The number of benzene rings is 1. The van der Waals surface area contributed by atoms with Gasteiger partial charge in [-0.15, -0.1) is 0 Å². The summed E-state index contributed by atoms with van der Waals surface area (Å²) >= 11 is 0. The van der Waals surface area contributed by atoms with Gasteiger partial charge in [0.25, 0.3) is 0 Å². The summed E-state index contributed by atoms with van der Waals surface area (Å²) in [4.78, 5) is 5.20. The third-order valence-corrected chi connectivity index (χ3v) is 2.21. The SMILES string of the molecule is CON1CCC=C1Nc1ccccc1. The van der Waals surface area contributed by atoms with Gasteiger partial charge in [0.2, 0.25) is 0 Å². The Kier molecular flexibility index (Phi) is 2.70. The van der Waals surface area contributed by atoms with E-state index in [4.69, 9.17) is 4.84 Å². The van der Waals surface area contributed by atoms with E-state index < -0.39 is 0 Å². The maximum Gasteiger partial charge on any atom is 0.126 e. The quantitative estimate of drug-likeness (QED) is 0.790. The second-order valence-electron chi connectivity index (χ2n) is 3.15. The summed E-state index contributed by atoms with van der Waals surface area (Å²) < 4.78 is 0. The molecule has 0 aliphatic carbocycles. The first-order valence-electron chi connectivity index (χ1n) is 4.74. The van der Waals surface area contributed by atoms with E-state index in [0.29, 0.717) is 0 Å². The zero-order valence-electron chi connectivity index (χ0n) is 8.23. The van der Waals surface area contributed by atoms with Crippen LogP contribution in [0.15, 0.2) is 42.2 Å². The van der Waals surface area contributed by atoms with E-state index in [2.05, 4.69) is 11.4 Å². The highest BCUT2D eigenvalue weighted by Gasteiger charge is 2.13. The van der Waals surface area contributed by atoms with Crippen LogP contribution in [0.5, 0.6) is 0 Å². The Morgan fingerprint density at radius 2 is 2.07 bits per heavy atom. The number of anilines is 1. The van der Waals surface area contributed by atoms with Gasteiger partial charge in [-0.25, -0.2) is 5.06 Å². The molecule has 0 saturated carbocycles. The minimum absolute atomic E-state index is 0.922. The number of hydrogen-bond acceptors (Lipinski definition) is 3. The molecule has 1 aromatic rings. The topological polar surface area (TPSA) is 24.5 Å². The molecule has 0 bridgehead atoms. The Hall–Kier alpha value is -1.48. The van der Waals surface area contributed by atoms with Crippen molar-refractivity contribution in [3.05, 3.63) is 42.2 Å². The van der Waals surface area contributed by atoms with Gasteiger partial charge in [0.15, 0.2) is 0 Å². The van der Waals surface area contributed by atoms with Crippen molar-refractivity contribution < 1.29 is 4.84 Å². The second-order valence-corrected chi connectivity index (χ2v) is 3.15. The maximum absolute atomic E-state index is 5.20. The summed E-state index contributed by atoms with van der Waals surface area (Å²) in [6, 6.07) is 10.1. The van der Waals surface area contributed by atoms with Crippen LogP contribution in [-0.4, -0.2) is 18.7 Å². The molecule has 0 saturated heterocycles. The molecule has 3 nitrogen and oxygen atoms in total. The first-order chi connectivity index (χ1) is 6.90. The van der Waals surface area contributed by atoms with Crippen LogP contribution in [-0.2, 0) is 4.84 Å². The average molecular weight is 190 g/mol. The van der Waals surface area contributed by atoms with Crippen molar-refractivity contribution in [1.82, 2.24) is 5.06 Å². The number of nitrogens with zero attached hydrogens (tertiary/aromatic N) is 1. The van der Waals surface area contributed by atoms with E-state index >= 15 is 0 Å². The van der Waals surface area contributed by atoms with Crippen molar-refractivity contribution >= 4 is 5.69 Å².